The second-order valence-electron chi connectivity index (χ2n) is 2.67. The molecule has 1 aromatic rings. The number of hydrogen-bond acceptors (Lipinski definition) is 1. The summed E-state index contributed by atoms with van der Waals surface area (Å²) in [5.41, 5.74) is 2.16. The van der Waals surface area contributed by atoms with Crippen molar-refractivity contribution in [3.05, 3.63) is 41.5 Å². The van der Waals surface area contributed by atoms with Crippen molar-refractivity contribution in [2.45, 2.75) is 13.3 Å². The lowest BCUT2D eigenvalue weighted by atomic mass is 10.1. The summed E-state index contributed by atoms with van der Waals surface area (Å²) >= 11 is 5.84. The Bertz CT molecular complexity index is 343. The molecule has 0 aliphatic carbocycles. The number of rotatable bonds is 2. The molecule has 0 aliphatic heterocycles. The molecule has 0 unspecified atom stereocenters. The van der Waals surface area contributed by atoms with Crippen molar-refractivity contribution in [3.8, 4) is 6.07 Å². The topological polar surface area (TPSA) is 23.8 Å². The Labute approximate surface area is 83.3 Å². The molecule has 0 aliphatic rings. The third-order valence-corrected chi connectivity index (χ3v) is 2.16. The van der Waals surface area contributed by atoms with Crippen molar-refractivity contribution in [2.75, 3.05) is 0 Å². The van der Waals surface area contributed by atoms with Crippen LogP contribution in [0.1, 0.15) is 18.1 Å². The average Bonchev–Trinajstić information content (AvgIpc) is 2.18. The van der Waals surface area contributed by atoms with Gasteiger partial charge in [-0.05, 0) is 17.5 Å². The zero-order valence-electron chi connectivity index (χ0n) is 7.42. The molecule has 0 N–H and O–H groups in total. The molecule has 0 aromatic heterocycles. The normalized spacial score (nSPS) is 11.0. The van der Waals surface area contributed by atoms with Crippen LogP contribution in [-0.2, 0) is 6.42 Å². The largest absolute Gasteiger partial charge is 0.193 e. The lowest BCUT2D eigenvalue weighted by Gasteiger charge is -1.99. The van der Waals surface area contributed by atoms with E-state index in [-0.39, 0.29) is 0 Å². The third kappa shape index (κ3) is 2.61. The minimum absolute atomic E-state index is 0.491. The van der Waals surface area contributed by atoms with Gasteiger partial charge in [0, 0.05) is 6.08 Å². The summed E-state index contributed by atoms with van der Waals surface area (Å²) in [6.07, 6.45) is 2.35. The molecule has 0 radical (unpaired) electrons. The average molecular weight is 192 g/mol. The first-order chi connectivity index (χ1) is 6.27. The van der Waals surface area contributed by atoms with Crippen LogP contribution in [0, 0.1) is 11.3 Å². The van der Waals surface area contributed by atoms with Crippen molar-refractivity contribution in [1.29, 1.82) is 5.26 Å². The van der Waals surface area contributed by atoms with Crippen molar-refractivity contribution in [3.63, 3.8) is 0 Å². The van der Waals surface area contributed by atoms with E-state index >= 15 is 0 Å². The van der Waals surface area contributed by atoms with Crippen LogP contribution >= 0.6 is 11.6 Å². The van der Waals surface area contributed by atoms with E-state index in [1.54, 1.807) is 0 Å². The molecule has 2 heteroatoms. The zero-order chi connectivity index (χ0) is 9.68. The second kappa shape index (κ2) is 4.69. The molecule has 0 spiro atoms. The van der Waals surface area contributed by atoms with E-state index in [0.29, 0.717) is 5.03 Å². The van der Waals surface area contributed by atoms with Gasteiger partial charge in [-0.25, -0.2) is 0 Å². The Hall–Kier alpha value is -1.26. The van der Waals surface area contributed by atoms with Crippen LogP contribution in [-0.4, -0.2) is 0 Å². The number of halogens is 1. The summed E-state index contributed by atoms with van der Waals surface area (Å²) < 4.78 is 0. The first kappa shape index (κ1) is 9.83. The molecule has 1 aromatic carbocycles. The van der Waals surface area contributed by atoms with Gasteiger partial charge in [-0.15, -0.1) is 0 Å². The van der Waals surface area contributed by atoms with Gasteiger partial charge < -0.3 is 0 Å². The molecular weight excluding hydrogens is 182 g/mol. The molecule has 0 atom stereocenters. The molecule has 66 valence electrons. The highest BCUT2D eigenvalue weighted by Crippen LogP contribution is 2.18. The highest BCUT2D eigenvalue weighted by Gasteiger charge is 1.96. The fourth-order valence-electron chi connectivity index (χ4n) is 1.04. The standard InChI is InChI=1S/C11H10ClN/c1-2-9-3-5-10(6-4-9)11(12)7-8-13/h3-7H,2H2,1H3. The Morgan fingerprint density at radius 2 is 2.08 bits per heavy atom. The van der Waals surface area contributed by atoms with Crippen molar-refractivity contribution in [1.82, 2.24) is 0 Å². The lowest BCUT2D eigenvalue weighted by Crippen LogP contribution is -1.81. The zero-order valence-corrected chi connectivity index (χ0v) is 8.17. The predicted molar refractivity (Wildman–Crippen MR) is 55.3 cm³/mol. The number of nitriles is 1. The van der Waals surface area contributed by atoms with Gasteiger partial charge >= 0.3 is 0 Å². The van der Waals surface area contributed by atoms with Crippen molar-refractivity contribution < 1.29 is 0 Å². The summed E-state index contributed by atoms with van der Waals surface area (Å²) in [4.78, 5) is 0. The van der Waals surface area contributed by atoms with E-state index in [2.05, 4.69) is 6.92 Å². The van der Waals surface area contributed by atoms with Crippen molar-refractivity contribution >= 4 is 16.6 Å². The van der Waals surface area contributed by atoms with Gasteiger partial charge in [-0.2, -0.15) is 5.26 Å². The maximum Gasteiger partial charge on any atom is 0.0927 e. The smallest absolute Gasteiger partial charge is 0.0927 e. The van der Waals surface area contributed by atoms with Gasteiger partial charge in [-0.1, -0.05) is 42.8 Å². The first-order valence-corrected chi connectivity index (χ1v) is 4.50. The van der Waals surface area contributed by atoms with Crippen LogP contribution in [0.2, 0.25) is 0 Å². The van der Waals surface area contributed by atoms with Gasteiger partial charge in [-0.3, -0.25) is 0 Å². The van der Waals surface area contributed by atoms with E-state index in [4.69, 9.17) is 16.9 Å². The highest BCUT2D eigenvalue weighted by atomic mass is 35.5. The van der Waals surface area contributed by atoms with Crippen LogP contribution in [0.3, 0.4) is 0 Å². The summed E-state index contributed by atoms with van der Waals surface area (Å²) in [5, 5.41) is 8.88. The number of aryl methyl sites for hydroxylation is 1. The van der Waals surface area contributed by atoms with E-state index < -0.39 is 0 Å². The summed E-state index contributed by atoms with van der Waals surface area (Å²) in [6, 6.07) is 9.79. The number of allylic oxidation sites excluding steroid dienone is 1. The fraction of sp³-hybridized carbons (Fsp3) is 0.182. The van der Waals surface area contributed by atoms with Gasteiger partial charge in [0.05, 0.1) is 11.1 Å². The van der Waals surface area contributed by atoms with Crippen LogP contribution in [0.5, 0.6) is 0 Å². The third-order valence-electron chi connectivity index (χ3n) is 1.83. The van der Waals surface area contributed by atoms with Gasteiger partial charge in [0.15, 0.2) is 0 Å². The van der Waals surface area contributed by atoms with Crippen LogP contribution in [0.25, 0.3) is 5.03 Å². The van der Waals surface area contributed by atoms with E-state index in [1.807, 2.05) is 30.3 Å². The van der Waals surface area contributed by atoms with E-state index in [9.17, 15) is 0 Å². The molecule has 1 nitrogen and oxygen atoms in total. The second-order valence-corrected chi connectivity index (χ2v) is 3.08. The van der Waals surface area contributed by atoms with Crippen LogP contribution in [0.15, 0.2) is 30.3 Å². The molecule has 0 saturated carbocycles. The van der Waals surface area contributed by atoms with E-state index in [1.165, 1.54) is 11.6 Å². The first-order valence-electron chi connectivity index (χ1n) is 4.12. The maximum atomic E-state index is 8.39. The molecule has 0 saturated heterocycles. The number of benzene rings is 1. The molecule has 0 bridgehead atoms. The van der Waals surface area contributed by atoms with Gasteiger partial charge in [0.2, 0.25) is 0 Å². The van der Waals surface area contributed by atoms with Gasteiger partial charge in [0.25, 0.3) is 0 Å². The fourth-order valence-corrected chi connectivity index (χ4v) is 1.21. The SMILES string of the molecule is CCc1ccc(C(Cl)=CC#N)cc1. The van der Waals surface area contributed by atoms with Gasteiger partial charge in [0.1, 0.15) is 0 Å². The van der Waals surface area contributed by atoms with Crippen LogP contribution in [0.4, 0.5) is 0 Å². The molecule has 0 amide bonds. The Morgan fingerprint density at radius 3 is 2.54 bits per heavy atom. The molecule has 0 heterocycles. The summed E-state index contributed by atoms with van der Waals surface area (Å²) in [6.45, 7) is 2.10. The quantitative estimate of drug-likeness (QED) is 0.658. The molecular formula is C11H10ClN. The maximum absolute atomic E-state index is 8.39. The molecule has 13 heavy (non-hydrogen) atoms. The van der Waals surface area contributed by atoms with E-state index in [0.717, 1.165) is 12.0 Å². The minimum atomic E-state index is 0.491. The highest BCUT2D eigenvalue weighted by molar-refractivity contribution is 6.48. The minimum Gasteiger partial charge on any atom is -0.193 e. The summed E-state index contributed by atoms with van der Waals surface area (Å²) in [7, 11) is 0. The Morgan fingerprint density at radius 1 is 1.46 bits per heavy atom. The summed E-state index contributed by atoms with van der Waals surface area (Å²) in [5.74, 6) is 0. The Kier molecular flexibility index (Phi) is 3.54. The lowest BCUT2D eigenvalue weighted by molar-refractivity contribution is 1.14. The van der Waals surface area contributed by atoms with Crippen LogP contribution < -0.4 is 0 Å². The number of hydrogen-bond donors (Lipinski definition) is 0. The number of nitrogens with zero attached hydrogens (tertiary/aromatic N) is 1. The predicted octanol–water partition coefficient (Wildman–Crippen LogP) is 3.35. The Balaban J connectivity index is 2.94. The molecule has 1 rings (SSSR count). The monoisotopic (exact) mass is 191 g/mol. The van der Waals surface area contributed by atoms with Crippen molar-refractivity contribution in [2.24, 2.45) is 0 Å². The molecule has 0 fully saturated rings.